The summed E-state index contributed by atoms with van der Waals surface area (Å²) < 4.78 is 5.65. The molecular formula is C19H31Cl2N3O2. The number of piperidine rings is 1. The zero-order valence-electron chi connectivity index (χ0n) is 15.1. The van der Waals surface area contributed by atoms with Gasteiger partial charge in [0.15, 0.2) is 0 Å². The Morgan fingerprint density at radius 1 is 1.12 bits per heavy atom. The highest BCUT2D eigenvalue weighted by Crippen LogP contribution is 2.21. The van der Waals surface area contributed by atoms with Crippen molar-refractivity contribution in [2.75, 3.05) is 26.2 Å². The molecule has 0 bridgehead atoms. The number of amides is 1. The van der Waals surface area contributed by atoms with E-state index in [1.807, 2.05) is 0 Å². The highest BCUT2D eigenvalue weighted by Gasteiger charge is 2.30. The highest BCUT2D eigenvalue weighted by molar-refractivity contribution is 5.85. The average Bonchev–Trinajstić information content (AvgIpc) is 3.11. The van der Waals surface area contributed by atoms with Crippen LogP contribution in [0.4, 0.5) is 0 Å². The molecule has 2 aliphatic heterocycles. The number of benzene rings is 1. The van der Waals surface area contributed by atoms with Crippen LogP contribution in [0.3, 0.4) is 0 Å². The first-order chi connectivity index (χ1) is 11.7. The Balaban J connectivity index is 0.00000169. The van der Waals surface area contributed by atoms with Gasteiger partial charge in [-0.05, 0) is 50.3 Å². The Morgan fingerprint density at radius 2 is 1.81 bits per heavy atom. The third-order valence-electron chi connectivity index (χ3n) is 5.18. The third-order valence-corrected chi connectivity index (χ3v) is 5.18. The predicted octanol–water partition coefficient (Wildman–Crippen LogP) is 2.36. The summed E-state index contributed by atoms with van der Waals surface area (Å²) in [6, 6.07) is 10.6. The van der Waals surface area contributed by atoms with Crippen LogP contribution >= 0.6 is 24.8 Å². The van der Waals surface area contributed by atoms with Crippen LogP contribution in [-0.4, -0.2) is 49.2 Å². The van der Waals surface area contributed by atoms with Gasteiger partial charge in [0.05, 0.1) is 6.10 Å². The zero-order chi connectivity index (χ0) is 16.8. The fourth-order valence-corrected chi connectivity index (χ4v) is 3.62. The molecule has 0 saturated carbocycles. The zero-order valence-corrected chi connectivity index (χ0v) is 16.8. The first-order valence-electron chi connectivity index (χ1n) is 9.14. The van der Waals surface area contributed by atoms with Crippen LogP contribution in [0.5, 0.6) is 0 Å². The molecule has 5 nitrogen and oxygen atoms in total. The van der Waals surface area contributed by atoms with Crippen LogP contribution < -0.4 is 11.1 Å². The molecule has 2 fully saturated rings. The van der Waals surface area contributed by atoms with Crippen molar-refractivity contribution in [3.05, 3.63) is 35.9 Å². The van der Waals surface area contributed by atoms with Crippen molar-refractivity contribution in [1.29, 1.82) is 0 Å². The Morgan fingerprint density at radius 3 is 2.42 bits per heavy atom. The summed E-state index contributed by atoms with van der Waals surface area (Å²) in [6.45, 7) is 4.50. The topological polar surface area (TPSA) is 67.6 Å². The van der Waals surface area contributed by atoms with Crippen LogP contribution in [0.2, 0.25) is 0 Å². The van der Waals surface area contributed by atoms with Gasteiger partial charge in [-0.25, -0.2) is 0 Å². The second-order valence-electron chi connectivity index (χ2n) is 7.01. The van der Waals surface area contributed by atoms with E-state index in [9.17, 15) is 4.79 Å². The first-order valence-corrected chi connectivity index (χ1v) is 9.14. The van der Waals surface area contributed by atoms with E-state index < -0.39 is 0 Å². The second kappa shape index (κ2) is 11.8. The minimum absolute atomic E-state index is 0. The molecule has 0 unspecified atom stereocenters. The first kappa shape index (κ1) is 23.2. The largest absolute Gasteiger partial charge is 0.364 e. The van der Waals surface area contributed by atoms with Gasteiger partial charge >= 0.3 is 0 Å². The lowest BCUT2D eigenvalue weighted by Gasteiger charge is -2.32. The Kier molecular flexibility index (Phi) is 10.5. The number of carbonyl (C=O) groups excluding carboxylic acids is 1. The second-order valence-corrected chi connectivity index (χ2v) is 7.01. The van der Waals surface area contributed by atoms with Crippen LogP contribution in [0, 0.1) is 5.92 Å². The van der Waals surface area contributed by atoms with E-state index in [2.05, 4.69) is 40.5 Å². The van der Waals surface area contributed by atoms with Gasteiger partial charge < -0.3 is 15.8 Å². The number of nitrogens with two attached hydrogens (primary N) is 1. The smallest absolute Gasteiger partial charge is 0.249 e. The van der Waals surface area contributed by atoms with Crippen LogP contribution in [0.1, 0.15) is 31.2 Å². The number of halogens is 2. The Hall–Kier alpha value is -0.850. The third kappa shape index (κ3) is 6.71. The molecule has 0 aliphatic carbocycles. The normalized spacial score (nSPS) is 23.7. The average molecular weight is 404 g/mol. The maximum Gasteiger partial charge on any atom is 0.249 e. The summed E-state index contributed by atoms with van der Waals surface area (Å²) in [6.07, 6.45) is 3.74. The molecule has 0 radical (unpaired) electrons. The summed E-state index contributed by atoms with van der Waals surface area (Å²) >= 11 is 0. The standard InChI is InChI=1S/C19H29N3O2.2ClH/c20-12-17-6-7-18(24-17)19(23)21-13-15-8-10-22(11-9-15)14-16-4-2-1-3-5-16;;/h1-5,15,17-18H,6-14,20H2,(H,21,23);2*1H/t17-,18+;;/m1../s1. The molecule has 2 aliphatic rings. The van der Waals surface area contributed by atoms with Crippen molar-refractivity contribution >= 4 is 30.7 Å². The van der Waals surface area contributed by atoms with Gasteiger partial charge in [-0.3, -0.25) is 9.69 Å². The van der Waals surface area contributed by atoms with Crippen LogP contribution in [0.25, 0.3) is 0 Å². The lowest BCUT2D eigenvalue weighted by Crippen LogP contribution is -2.41. The number of rotatable bonds is 6. The number of likely N-dealkylation sites (tertiary alicyclic amines) is 1. The number of nitrogens with one attached hydrogen (secondary N) is 1. The fraction of sp³-hybridized carbons (Fsp3) is 0.632. The number of nitrogens with zero attached hydrogens (tertiary/aromatic N) is 1. The van der Waals surface area contributed by atoms with E-state index in [-0.39, 0.29) is 42.9 Å². The summed E-state index contributed by atoms with van der Waals surface area (Å²) in [4.78, 5) is 14.7. The Labute approximate surface area is 168 Å². The lowest BCUT2D eigenvalue weighted by atomic mass is 9.96. The van der Waals surface area contributed by atoms with Crippen LogP contribution in [-0.2, 0) is 16.1 Å². The molecule has 1 amide bonds. The highest BCUT2D eigenvalue weighted by atomic mass is 35.5. The molecule has 0 aromatic heterocycles. The molecule has 148 valence electrons. The van der Waals surface area contributed by atoms with Crippen molar-refractivity contribution in [2.45, 2.75) is 44.4 Å². The molecule has 2 heterocycles. The van der Waals surface area contributed by atoms with E-state index in [1.165, 1.54) is 5.56 Å². The number of ether oxygens (including phenoxy) is 1. The lowest BCUT2D eigenvalue weighted by molar-refractivity contribution is -0.132. The van der Waals surface area contributed by atoms with Crippen molar-refractivity contribution in [2.24, 2.45) is 11.7 Å². The van der Waals surface area contributed by atoms with E-state index in [0.717, 1.165) is 51.9 Å². The van der Waals surface area contributed by atoms with Gasteiger partial charge in [0, 0.05) is 19.6 Å². The summed E-state index contributed by atoms with van der Waals surface area (Å²) in [5.41, 5.74) is 6.97. The van der Waals surface area contributed by atoms with Gasteiger partial charge in [0.1, 0.15) is 6.10 Å². The molecule has 2 atom stereocenters. The van der Waals surface area contributed by atoms with Gasteiger partial charge in [0.25, 0.3) is 0 Å². The van der Waals surface area contributed by atoms with Crippen molar-refractivity contribution in [3.8, 4) is 0 Å². The molecular weight excluding hydrogens is 373 g/mol. The summed E-state index contributed by atoms with van der Waals surface area (Å²) in [5.74, 6) is 0.616. The molecule has 1 aromatic rings. The van der Waals surface area contributed by atoms with Gasteiger partial charge in [-0.1, -0.05) is 30.3 Å². The minimum Gasteiger partial charge on any atom is -0.364 e. The predicted molar refractivity (Wildman–Crippen MR) is 109 cm³/mol. The van der Waals surface area contributed by atoms with E-state index in [1.54, 1.807) is 0 Å². The van der Waals surface area contributed by atoms with E-state index in [4.69, 9.17) is 10.5 Å². The van der Waals surface area contributed by atoms with E-state index in [0.29, 0.717) is 12.5 Å². The van der Waals surface area contributed by atoms with E-state index >= 15 is 0 Å². The monoisotopic (exact) mass is 403 g/mol. The van der Waals surface area contributed by atoms with Crippen LogP contribution in [0.15, 0.2) is 30.3 Å². The molecule has 3 N–H and O–H groups in total. The molecule has 2 saturated heterocycles. The number of hydrogen-bond acceptors (Lipinski definition) is 4. The van der Waals surface area contributed by atoms with Crippen molar-refractivity contribution in [1.82, 2.24) is 10.2 Å². The maximum absolute atomic E-state index is 12.2. The summed E-state index contributed by atoms with van der Waals surface area (Å²) in [5, 5.41) is 3.08. The molecule has 3 rings (SSSR count). The Bertz CT molecular complexity index is 525. The molecule has 7 heteroatoms. The van der Waals surface area contributed by atoms with Crippen molar-refractivity contribution < 1.29 is 9.53 Å². The van der Waals surface area contributed by atoms with Gasteiger partial charge in [0.2, 0.25) is 5.91 Å². The molecule has 26 heavy (non-hydrogen) atoms. The summed E-state index contributed by atoms with van der Waals surface area (Å²) in [7, 11) is 0. The van der Waals surface area contributed by atoms with Crippen molar-refractivity contribution in [3.63, 3.8) is 0 Å². The SMILES string of the molecule is Cl.Cl.NC[C@H]1CC[C@@H](C(=O)NCC2CCN(Cc3ccccc3)CC2)O1. The number of carbonyl (C=O) groups is 1. The van der Waals surface area contributed by atoms with Gasteiger partial charge in [-0.15, -0.1) is 24.8 Å². The molecule has 1 aromatic carbocycles. The number of hydrogen-bond donors (Lipinski definition) is 2. The van der Waals surface area contributed by atoms with Gasteiger partial charge in [-0.2, -0.15) is 0 Å². The quantitative estimate of drug-likeness (QED) is 0.764. The maximum atomic E-state index is 12.2. The molecule has 0 spiro atoms. The minimum atomic E-state index is -0.295. The fourth-order valence-electron chi connectivity index (χ4n) is 3.62.